The van der Waals surface area contributed by atoms with Crippen molar-refractivity contribution in [2.24, 2.45) is 0 Å². The van der Waals surface area contributed by atoms with E-state index in [1.165, 1.54) is 13.8 Å². The number of amides is 3. The van der Waals surface area contributed by atoms with Gasteiger partial charge in [0.1, 0.15) is 61.4 Å². The van der Waals surface area contributed by atoms with Crippen molar-refractivity contribution in [1.82, 2.24) is 16.0 Å². The molecule has 6 bridgehead atoms. The number of aliphatic hydroxyl groups excluding tert-OH is 3. The Morgan fingerprint density at radius 1 is 0.622 bits per heavy atom. The first-order valence-electron chi connectivity index (χ1n) is 14.2. The van der Waals surface area contributed by atoms with Crippen LogP contribution < -0.4 is 16.0 Å². The van der Waals surface area contributed by atoms with E-state index < -0.39 is 128 Å². The summed E-state index contributed by atoms with van der Waals surface area (Å²) in [7, 11) is 0. The molecule has 0 radical (unpaired) electrons. The van der Waals surface area contributed by atoms with Gasteiger partial charge >= 0.3 is 11.9 Å². The lowest BCUT2D eigenvalue weighted by molar-refractivity contribution is -0.376. The minimum Gasteiger partial charge on any atom is -0.479 e. The third-order valence-electron chi connectivity index (χ3n) is 7.75. The fourth-order valence-electron chi connectivity index (χ4n) is 5.82. The van der Waals surface area contributed by atoms with Gasteiger partial charge < -0.3 is 69.5 Å². The smallest absolute Gasteiger partial charge is 0.335 e. The van der Waals surface area contributed by atoms with Crippen molar-refractivity contribution in [2.75, 3.05) is 6.61 Å². The highest BCUT2D eigenvalue weighted by molar-refractivity contribution is 5.75. The minimum atomic E-state index is -1.98. The molecule has 7 saturated heterocycles. The Morgan fingerprint density at radius 2 is 1.11 bits per heavy atom. The van der Waals surface area contributed by atoms with Crippen LogP contribution in [0.4, 0.5) is 0 Å². The van der Waals surface area contributed by atoms with Crippen molar-refractivity contribution in [3.05, 3.63) is 0 Å². The van der Waals surface area contributed by atoms with Gasteiger partial charge in [0.25, 0.3) is 0 Å². The number of carboxylic acid groups (broad SMARTS) is 1. The third kappa shape index (κ3) is 7.69. The summed E-state index contributed by atoms with van der Waals surface area (Å²) in [6.45, 7) is 5.51. The fourth-order valence-corrected chi connectivity index (χ4v) is 5.82. The van der Waals surface area contributed by atoms with Crippen LogP contribution in [0, 0.1) is 0 Å². The number of carboxylic acids is 1. The van der Waals surface area contributed by atoms with Gasteiger partial charge in [-0.3, -0.25) is 19.2 Å². The molecule has 0 unspecified atom stereocenters. The van der Waals surface area contributed by atoms with Crippen molar-refractivity contribution >= 4 is 29.7 Å². The van der Waals surface area contributed by atoms with Gasteiger partial charge in [0, 0.05) is 27.7 Å². The molecule has 19 nitrogen and oxygen atoms in total. The van der Waals surface area contributed by atoms with Gasteiger partial charge in [0.05, 0.1) is 12.1 Å². The molecule has 3 amide bonds. The van der Waals surface area contributed by atoms with E-state index in [9.17, 15) is 44.4 Å². The predicted octanol–water partition coefficient (Wildman–Crippen LogP) is -4.41. The van der Waals surface area contributed by atoms with E-state index in [-0.39, 0.29) is 0 Å². The summed E-state index contributed by atoms with van der Waals surface area (Å²) >= 11 is 0. The van der Waals surface area contributed by atoms with E-state index in [4.69, 9.17) is 33.2 Å². The van der Waals surface area contributed by atoms with E-state index in [0.717, 1.165) is 20.8 Å². The summed E-state index contributed by atoms with van der Waals surface area (Å²) in [5, 5.41) is 52.0. The number of carbonyl (C=O) groups is 5. The van der Waals surface area contributed by atoms with Gasteiger partial charge in [-0.15, -0.1) is 0 Å². The van der Waals surface area contributed by atoms with Crippen molar-refractivity contribution in [2.45, 2.75) is 127 Å². The molecular weight excluding hydrogens is 610 g/mol. The summed E-state index contributed by atoms with van der Waals surface area (Å²) < 4.78 is 40.6. The Hall–Kier alpha value is -3.01. The maximum atomic E-state index is 12.4. The summed E-state index contributed by atoms with van der Waals surface area (Å²) in [4.78, 5) is 60.6. The Labute approximate surface area is 256 Å². The molecule has 7 fully saturated rings. The number of aliphatic carboxylic acids is 1. The number of hydrogen-bond donors (Lipinski definition) is 7. The number of aliphatic hydroxyl groups is 3. The molecule has 0 aromatic rings. The largest absolute Gasteiger partial charge is 0.479 e. The molecule has 254 valence electrons. The second-order valence-corrected chi connectivity index (χ2v) is 11.3. The normalized spacial score (nSPS) is 43.0. The SMILES string of the molecule is CC(=O)N[C@@H]1[C@@H]2O[C@H]3[C@H](O)[C@@H](NC(C)=O)[C@@H](O[C@@H]4[C@@H](O)[C@@H](O[C@@H]([C@@H]1O)[C@@H](C(=O)O)O2)O[C@H](C)[C@@H]4NC(C)=O)O[C@@H]3COC(C)=O. The molecule has 0 spiro atoms. The average Bonchev–Trinajstić information content (AvgIpc) is 2.93. The topological polar surface area (TPSA) is 267 Å². The predicted molar refractivity (Wildman–Crippen MR) is 141 cm³/mol. The lowest BCUT2D eigenvalue weighted by Crippen LogP contribution is -2.73. The van der Waals surface area contributed by atoms with Crippen molar-refractivity contribution in [3.63, 3.8) is 0 Å². The van der Waals surface area contributed by atoms with E-state index in [0.29, 0.717) is 0 Å². The Kier molecular flexibility index (Phi) is 11.0. The highest BCUT2D eigenvalue weighted by Crippen LogP contribution is 2.36. The molecule has 0 saturated carbocycles. The highest BCUT2D eigenvalue weighted by Gasteiger charge is 2.58. The van der Waals surface area contributed by atoms with Crippen LogP contribution in [0.15, 0.2) is 0 Å². The molecule has 7 N–H and O–H groups in total. The van der Waals surface area contributed by atoms with Crippen LogP contribution in [-0.4, -0.2) is 149 Å². The van der Waals surface area contributed by atoms with Gasteiger partial charge in [0.15, 0.2) is 25.0 Å². The molecule has 45 heavy (non-hydrogen) atoms. The first-order chi connectivity index (χ1) is 21.1. The van der Waals surface area contributed by atoms with Crippen molar-refractivity contribution < 1.29 is 77.6 Å². The third-order valence-corrected chi connectivity index (χ3v) is 7.75. The molecule has 7 rings (SSSR count). The van der Waals surface area contributed by atoms with Crippen LogP contribution in [0.2, 0.25) is 0 Å². The summed E-state index contributed by atoms with van der Waals surface area (Å²) in [6.07, 6.45) is -19.7. The number of esters is 1. The first kappa shape index (κ1) is 34.9. The second-order valence-electron chi connectivity index (χ2n) is 11.3. The van der Waals surface area contributed by atoms with Crippen LogP contribution in [0.1, 0.15) is 34.6 Å². The zero-order chi connectivity index (χ0) is 33.3. The molecule has 0 aliphatic carbocycles. The monoisotopic (exact) mass is 649 g/mol. The van der Waals surface area contributed by atoms with Gasteiger partial charge in [-0.25, -0.2) is 4.79 Å². The Morgan fingerprint density at radius 3 is 1.64 bits per heavy atom. The Balaban J connectivity index is 1.89. The number of ether oxygens (including phenoxy) is 7. The molecule has 0 aromatic heterocycles. The van der Waals surface area contributed by atoms with E-state index in [1.54, 1.807) is 0 Å². The first-order valence-corrected chi connectivity index (χ1v) is 14.2. The molecule has 7 heterocycles. The Bertz CT molecular complexity index is 1140. The molecule has 7 aliphatic rings. The van der Waals surface area contributed by atoms with Crippen LogP contribution in [0.25, 0.3) is 0 Å². The molecule has 15 atom stereocenters. The lowest BCUT2D eigenvalue weighted by atomic mass is 9.92. The quantitative estimate of drug-likeness (QED) is 0.134. The minimum absolute atomic E-state index is 0.541. The van der Waals surface area contributed by atoms with Crippen LogP contribution >= 0.6 is 0 Å². The van der Waals surface area contributed by atoms with Gasteiger partial charge in [-0.2, -0.15) is 0 Å². The number of carbonyl (C=O) groups excluding carboxylic acids is 4. The maximum Gasteiger partial charge on any atom is 0.335 e. The van der Waals surface area contributed by atoms with E-state index in [1.807, 2.05) is 0 Å². The zero-order valence-electron chi connectivity index (χ0n) is 25.1. The summed E-state index contributed by atoms with van der Waals surface area (Å²) in [6, 6.07) is -4.06. The van der Waals surface area contributed by atoms with E-state index >= 15 is 0 Å². The highest BCUT2D eigenvalue weighted by atomic mass is 16.8. The zero-order valence-corrected chi connectivity index (χ0v) is 25.1. The summed E-state index contributed by atoms with van der Waals surface area (Å²) in [5.41, 5.74) is 0. The van der Waals surface area contributed by atoms with Crippen LogP contribution in [-0.2, 0) is 57.1 Å². The maximum absolute atomic E-state index is 12.4. The van der Waals surface area contributed by atoms with Gasteiger partial charge in [0.2, 0.25) is 17.7 Å². The second kappa shape index (κ2) is 14.2. The molecule has 0 aromatic carbocycles. The number of hydrogen-bond acceptors (Lipinski definition) is 15. The molecule has 19 heteroatoms. The number of nitrogens with one attached hydrogen (secondary N) is 3. The standard InChI is InChI=1S/C26H39N3O16/c1-7-13(27-8(2)30)20-18(36)26(40-7)44-21-17(35)15(29-10(4)32)25(45-22(21)23(37)38)42-19-12(6-39-11(5)33)41-24(43-20)14(16(19)34)28-9(3)31/h7,12-22,24-26,34-36H,6H2,1-5H3,(H,27,30)(H,28,31)(H,29,32)(H,37,38)/t7-,12-,13+,14-,15+,16-,17-,18-,19-,20+,21+,22+,24-,25-,26-/m1/s1. The number of rotatable bonds is 6. The van der Waals surface area contributed by atoms with E-state index in [2.05, 4.69) is 16.0 Å². The molecule has 7 aliphatic heterocycles. The van der Waals surface area contributed by atoms with Gasteiger partial charge in [-0.1, -0.05) is 0 Å². The van der Waals surface area contributed by atoms with Gasteiger partial charge in [-0.05, 0) is 6.92 Å². The van der Waals surface area contributed by atoms with Crippen molar-refractivity contribution in [3.8, 4) is 0 Å². The summed E-state index contributed by atoms with van der Waals surface area (Å²) in [5.74, 6) is -4.25. The molecular formula is C26H39N3O16. The lowest BCUT2D eigenvalue weighted by Gasteiger charge is -2.52. The average molecular weight is 650 g/mol. The fraction of sp³-hybridized carbons (Fsp3) is 0.808. The van der Waals surface area contributed by atoms with Crippen molar-refractivity contribution in [1.29, 1.82) is 0 Å². The van der Waals surface area contributed by atoms with Crippen LogP contribution in [0.3, 0.4) is 0 Å². The van der Waals surface area contributed by atoms with Crippen LogP contribution in [0.5, 0.6) is 0 Å².